The van der Waals surface area contributed by atoms with Gasteiger partial charge in [-0.15, -0.1) is 0 Å². The van der Waals surface area contributed by atoms with Gasteiger partial charge in [0.1, 0.15) is 12.1 Å². The van der Waals surface area contributed by atoms with Gasteiger partial charge in [0.2, 0.25) is 0 Å². The van der Waals surface area contributed by atoms with E-state index in [-0.39, 0.29) is 11.4 Å². The quantitative estimate of drug-likeness (QED) is 0.0338. The molecule has 0 aliphatic carbocycles. The minimum absolute atomic E-state index is 0.138. The molecule has 0 atom stereocenters. The number of aryl methyl sites for hydroxylation is 4. The number of fused-ring (bicyclic) bond motifs is 6. The molecule has 0 N–H and O–H groups in total. The maximum atomic E-state index is 10.2. The highest BCUT2D eigenvalue weighted by Gasteiger charge is 2.19. The van der Waals surface area contributed by atoms with Gasteiger partial charge in [0, 0.05) is 10.8 Å². The van der Waals surface area contributed by atoms with Gasteiger partial charge in [0.15, 0.2) is 11.4 Å². The summed E-state index contributed by atoms with van der Waals surface area (Å²) in [4.78, 5) is 9.99. The molecule has 62 heavy (non-hydrogen) atoms. The molecule has 0 fully saturated rings. The molecular weight excluding hydrogens is 753 g/mol. The van der Waals surface area contributed by atoms with Gasteiger partial charge < -0.3 is 0 Å². The first-order valence-electron chi connectivity index (χ1n) is 26.6. The molecule has 0 unspecified atom stereocenters. The lowest BCUT2D eigenvalue weighted by Crippen LogP contribution is -2.02. The van der Waals surface area contributed by atoms with E-state index in [2.05, 4.69) is 64.1 Å². The number of rotatable bonds is 36. The molecule has 0 spiro atoms. The highest BCUT2D eigenvalue weighted by molar-refractivity contribution is 6.23. The number of hydrogen-bond donors (Lipinski definition) is 0. The van der Waals surface area contributed by atoms with Crippen LogP contribution < -0.4 is 0 Å². The summed E-state index contributed by atoms with van der Waals surface area (Å²) in [5.41, 5.74) is 7.74. The summed E-state index contributed by atoms with van der Waals surface area (Å²) in [6, 6.07) is 14.4. The second-order valence-electron chi connectivity index (χ2n) is 19.1. The third-order valence-electron chi connectivity index (χ3n) is 13.8. The first-order chi connectivity index (χ1) is 30.6. The van der Waals surface area contributed by atoms with E-state index in [1.807, 2.05) is 0 Å². The van der Waals surface area contributed by atoms with Gasteiger partial charge in [0.05, 0.1) is 11.0 Å². The summed E-state index contributed by atoms with van der Waals surface area (Å²) in [7, 11) is 0. The van der Waals surface area contributed by atoms with Crippen molar-refractivity contribution in [3.8, 4) is 12.1 Å². The SMILES string of the molecule is CCCCCCCCCCc1cc2c3cc(CCCCCCCCCC)c(CCCCCCCCCC)cc3c3nc(C#N)c(C#N)nc3c2cc1CCCCCCCCCC. The smallest absolute Gasteiger partial charge is 0.177 e. The van der Waals surface area contributed by atoms with Crippen LogP contribution in [0.2, 0.25) is 0 Å². The number of unbranched alkanes of at least 4 members (excludes halogenated alkanes) is 28. The van der Waals surface area contributed by atoms with Crippen molar-refractivity contribution in [3.63, 3.8) is 0 Å². The molecule has 0 radical (unpaired) electrons. The second kappa shape index (κ2) is 31.4. The third kappa shape index (κ3) is 17.2. The molecule has 0 amide bonds. The van der Waals surface area contributed by atoms with Crippen LogP contribution in [-0.2, 0) is 25.7 Å². The standard InChI is InChI=1S/C58H88N4/c1-5-9-13-17-21-25-29-33-37-47-41-51-52-42-48(38-34-30-26-22-18-14-10-6-2)50(40-36-32-28-24-20-16-12-8-4)44-54(52)58-57(61-55(45-59)56(46-60)62-58)53(51)43-49(47)39-35-31-27-23-19-15-11-7-3/h41-44H,5-40H2,1-4H3. The minimum atomic E-state index is 0.138. The zero-order valence-electron chi connectivity index (χ0n) is 40.6. The Kier molecular flexibility index (Phi) is 25.9. The molecule has 1 heterocycles. The lowest BCUT2D eigenvalue weighted by Gasteiger charge is -2.18. The normalized spacial score (nSPS) is 11.6. The van der Waals surface area contributed by atoms with Crippen LogP contribution in [0.15, 0.2) is 24.3 Å². The summed E-state index contributed by atoms with van der Waals surface area (Å²) >= 11 is 0. The number of benzene rings is 3. The van der Waals surface area contributed by atoms with E-state index in [4.69, 9.17) is 9.97 Å². The average molecular weight is 841 g/mol. The van der Waals surface area contributed by atoms with E-state index in [9.17, 15) is 10.5 Å². The van der Waals surface area contributed by atoms with Crippen molar-refractivity contribution < 1.29 is 0 Å². The van der Waals surface area contributed by atoms with E-state index < -0.39 is 0 Å². The molecule has 3 aromatic carbocycles. The van der Waals surface area contributed by atoms with Crippen LogP contribution >= 0.6 is 0 Å². The lowest BCUT2D eigenvalue weighted by molar-refractivity contribution is 0.571. The molecule has 0 bridgehead atoms. The molecule has 4 rings (SSSR count). The Morgan fingerprint density at radius 2 is 0.516 bits per heavy atom. The fourth-order valence-corrected chi connectivity index (χ4v) is 9.91. The fourth-order valence-electron chi connectivity index (χ4n) is 9.91. The first kappa shape index (κ1) is 51.1. The van der Waals surface area contributed by atoms with E-state index >= 15 is 0 Å². The topological polar surface area (TPSA) is 73.4 Å². The van der Waals surface area contributed by atoms with Gasteiger partial charge in [-0.1, -0.05) is 220 Å². The van der Waals surface area contributed by atoms with Gasteiger partial charge in [0.25, 0.3) is 0 Å². The van der Waals surface area contributed by atoms with Gasteiger partial charge in [-0.05, 0) is 96.5 Å². The van der Waals surface area contributed by atoms with Crippen molar-refractivity contribution in [3.05, 3.63) is 57.9 Å². The van der Waals surface area contributed by atoms with Crippen LogP contribution in [-0.4, -0.2) is 9.97 Å². The summed E-state index contributed by atoms with van der Waals surface area (Å²) in [6.45, 7) is 9.19. The minimum Gasteiger partial charge on any atom is -0.232 e. The van der Waals surface area contributed by atoms with E-state index in [1.165, 1.54) is 238 Å². The molecule has 1 aromatic heterocycles. The number of hydrogen-bond acceptors (Lipinski definition) is 4. The van der Waals surface area contributed by atoms with Crippen LogP contribution in [0, 0.1) is 22.7 Å². The molecule has 0 saturated carbocycles. The zero-order chi connectivity index (χ0) is 44.0. The van der Waals surface area contributed by atoms with Gasteiger partial charge >= 0.3 is 0 Å². The van der Waals surface area contributed by atoms with E-state index in [1.54, 1.807) is 0 Å². The van der Waals surface area contributed by atoms with Gasteiger partial charge in [-0.2, -0.15) is 10.5 Å². The molecule has 0 saturated heterocycles. The summed E-state index contributed by atoms with van der Waals surface area (Å²) in [6.07, 6.45) is 46.6. The van der Waals surface area contributed by atoms with Crippen molar-refractivity contribution in [2.45, 2.75) is 259 Å². The van der Waals surface area contributed by atoms with Gasteiger partial charge in [-0.25, -0.2) is 9.97 Å². The van der Waals surface area contributed by atoms with Crippen LogP contribution in [0.4, 0.5) is 0 Å². The fraction of sp³-hybridized carbons (Fsp3) is 0.690. The van der Waals surface area contributed by atoms with Gasteiger partial charge in [-0.3, -0.25) is 0 Å². The number of aromatic nitrogens is 2. The van der Waals surface area contributed by atoms with Crippen molar-refractivity contribution in [2.75, 3.05) is 0 Å². The Hall–Kier alpha value is -3.50. The van der Waals surface area contributed by atoms with Crippen molar-refractivity contribution in [2.24, 2.45) is 0 Å². The molecule has 4 nitrogen and oxygen atoms in total. The summed E-state index contributed by atoms with van der Waals surface area (Å²) in [5, 5.41) is 25.1. The molecule has 0 aliphatic rings. The maximum Gasteiger partial charge on any atom is 0.177 e. The lowest BCUT2D eigenvalue weighted by atomic mass is 9.87. The van der Waals surface area contributed by atoms with E-state index in [0.717, 1.165) is 47.5 Å². The Bertz CT molecular complexity index is 1800. The molecule has 0 aliphatic heterocycles. The van der Waals surface area contributed by atoms with Crippen molar-refractivity contribution in [1.82, 2.24) is 9.97 Å². The second-order valence-corrected chi connectivity index (χ2v) is 19.1. The third-order valence-corrected chi connectivity index (χ3v) is 13.8. The highest BCUT2D eigenvalue weighted by atomic mass is 14.8. The van der Waals surface area contributed by atoms with Crippen LogP contribution in [0.1, 0.15) is 267 Å². The summed E-state index contributed by atoms with van der Waals surface area (Å²) < 4.78 is 0. The Morgan fingerprint density at radius 3 is 0.742 bits per heavy atom. The van der Waals surface area contributed by atoms with Crippen molar-refractivity contribution in [1.29, 1.82) is 10.5 Å². The van der Waals surface area contributed by atoms with Crippen LogP contribution in [0.5, 0.6) is 0 Å². The Morgan fingerprint density at radius 1 is 0.306 bits per heavy atom. The Balaban J connectivity index is 1.75. The molecular formula is C58H88N4. The predicted octanol–water partition coefficient (Wildman–Crippen LogP) is 18.4. The van der Waals surface area contributed by atoms with Crippen LogP contribution in [0.25, 0.3) is 32.6 Å². The van der Waals surface area contributed by atoms with Crippen molar-refractivity contribution >= 4 is 32.6 Å². The average Bonchev–Trinajstić information content (AvgIpc) is 3.29. The van der Waals surface area contributed by atoms with Crippen LogP contribution in [0.3, 0.4) is 0 Å². The largest absolute Gasteiger partial charge is 0.232 e. The number of nitrogens with zero attached hydrogens (tertiary/aromatic N) is 4. The first-order valence-corrected chi connectivity index (χ1v) is 26.6. The number of nitriles is 2. The van der Waals surface area contributed by atoms with E-state index in [0.29, 0.717) is 0 Å². The molecule has 4 aromatic rings. The highest BCUT2D eigenvalue weighted by Crippen LogP contribution is 2.38. The monoisotopic (exact) mass is 841 g/mol. The maximum absolute atomic E-state index is 10.2. The molecule has 340 valence electrons. The predicted molar refractivity (Wildman–Crippen MR) is 269 cm³/mol. The molecule has 4 heteroatoms. The Labute approximate surface area is 380 Å². The zero-order valence-corrected chi connectivity index (χ0v) is 40.6. The summed E-state index contributed by atoms with van der Waals surface area (Å²) in [5.74, 6) is 0.